The summed E-state index contributed by atoms with van der Waals surface area (Å²) < 4.78 is 27.1. The molecule has 0 spiro atoms. The molecule has 0 saturated heterocycles. The van der Waals surface area contributed by atoms with Crippen LogP contribution in [0.4, 0.5) is 8.78 Å². The summed E-state index contributed by atoms with van der Waals surface area (Å²) in [6.07, 6.45) is 0. The van der Waals surface area contributed by atoms with Crippen molar-refractivity contribution in [2.24, 2.45) is 0 Å². The molecular formula is C19H22F2N2O. The second-order valence-electron chi connectivity index (χ2n) is 5.56. The Morgan fingerprint density at radius 3 is 2.04 bits per heavy atom. The standard InChI is InChI=1S/C19H22F2N2O/c1-3-23(4-2)13-15-10-8-14(9-11-15)12-22-19(24)18-16(20)6-5-7-17(18)21/h5-11H,3-4,12-13H2,1-2H3,(H,22,24). The van der Waals surface area contributed by atoms with E-state index >= 15 is 0 Å². The maximum atomic E-state index is 13.6. The fraction of sp³-hybridized carbons (Fsp3) is 0.316. The topological polar surface area (TPSA) is 32.3 Å². The van der Waals surface area contributed by atoms with Crippen LogP contribution in [0.25, 0.3) is 0 Å². The zero-order chi connectivity index (χ0) is 17.5. The van der Waals surface area contributed by atoms with Crippen molar-refractivity contribution in [1.82, 2.24) is 10.2 Å². The van der Waals surface area contributed by atoms with Crippen molar-refractivity contribution < 1.29 is 13.6 Å². The molecule has 1 N–H and O–H groups in total. The van der Waals surface area contributed by atoms with Gasteiger partial charge in [-0.3, -0.25) is 9.69 Å². The number of hydrogen-bond acceptors (Lipinski definition) is 2. The van der Waals surface area contributed by atoms with Gasteiger partial charge in [0.15, 0.2) is 0 Å². The lowest BCUT2D eigenvalue weighted by atomic mass is 10.1. The quantitative estimate of drug-likeness (QED) is 0.838. The van der Waals surface area contributed by atoms with Gasteiger partial charge in [0.1, 0.15) is 17.2 Å². The van der Waals surface area contributed by atoms with Crippen LogP contribution in [0.2, 0.25) is 0 Å². The molecule has 0 aromatic heterocycles. The molecular weight excluding hydrogens is 310 g/mol. The SMILES string of the molecule is CCN(CC)Cc1ccc(CNC(=O)c2c(F)cccc2F)cc1. The smallest absolute Gasteiger partial charge is 0.257 e. The summed E-state index contributed by atoms with van der Waals surface area (Å²) in [6.45, 7) is 7.31. The van der Waals surface area contributed by atoms with Gasteiger partial charge >= 0.3 is 0 Å². The van der Waals surface area contributed by atoms with Gasteiger partial charge in [0, 0.05) is 13.1 Å². The van der Waals surface area contributed by atoms with E-state index in [1.54, 1.807) is 0 Å². The molecule has 0 fully saturated rings. The highest BCUT2D eigenvalue weighted by atomic mass is 19.1. The molecule has 2 aromatic carbocycles. The van der Waals surface area contributed by atoms with Crippen LogP contribution in [0, 0.1) is 11.6 Å². The highest BCUT2D eigenvalue weighted by Gasteiger charge is 2.16. The molecule has 128 valence electrons. The average Bonchev–Trinajstić information content (AvgIpc) is 2.58. The van der Waals surface area contributed by atoms with Gasteiger partial charge in [-0.2, -0.15) is 0 Å². The summed E-state index contributed by atoms with van der Waals surface area (Å²) in [5, 5.41) is 2.55. The lowest BCUT2D eigenvalue weighted by Crippen LogP contribution is -2.25. The molecule has 0 atom stereocenters. The van der Waals surface area contributed by atoms with Crippen molar-refractivity contribution in [2.75, 3.05) is 13.1 Å². The summed E-state index contributed by atoms with van der Waals surface area (Å²) >= 11 is 0. The fourth-order valence-corrected chi connectivity index (χ4v) is 2.45. The molecule has 0 radical (unpaired) electrons. The maximum absolute atomic E-state index is 13.6. The van der Waals surface area contributed by atoms with Crippen molar-refractivity contribution in [3.63, 3.8) is 0 Å². The molecule has 2 aromatic rings. The second-order valence-corrected chi connectivity index (χ2v) is 5.56. The maximum Gasteiger partial charge on any atom is 0.257 e. The van der Waals surface area contributed by atoms with E-state index in [0.717, 1.165) is 37.3 Å². The first-order valence-electron chi connectivity index (χ1n) is 8.07. The van der Waals surface area contributed by atoms with Crippen molar-refractivity contribution in [1.29, 1.82) is 0 Å². The molecule has 3 nitrogen and oxygen atoms in total. The number of amides is 1. The third kappa shape index (κ3) is 4.61. The van der Waals surface area contributed by atoms with Gasteiger partial charge in [0.25, 0.3) is 5.91 Å². The van der Waals surface area contributed by atoms with Crippen molar-refractivity contribution in [3.05, 3.63) is 70.8 Å². The highest BCUT2D eigenvalue weighted by Crippen LogP contribution is 2.12. The molecule has 1 amide bonds. The van der Waals surface area contributed by atoms with Gasteiger partial charge in [0.2, 0.25) is 0 Å². The number of benzene rings is 2. The third-order valence-electron chi connectivity index (χ3n) is 3.97. The Kier molecular flexibility index (Phi) is 6.44. The van der Waals surface area contributed by atoms with Crippen LogP contribution in [-0.2, 0) is 13.1 Å². The Labute approximate surface area is 141 Å². The number of carbonyl (C=O) groups is 1. The van der Waals surface area contributed by atoms with E-state index in [-0.39, 0.29) is 6.54 Å². The minimum Gasteiger partial charge on any atom is -0.348 e. The van der Waals surface area contributed by atoms with Crippen LogP contribution < -0.4 is 5.32 Å². The Morgan fingerprint density at radius 1 is 0.958 bits per heavy atom. The van der Waals surface area contributed by atoms with Crippen LogP contribution in [0.5, 0.6) is 0 Å². The first-order valence-corrected chi connectivity index (χ1v) is 8.07. The van der Waals surface area contributed by atoms with Gasteiger partial charge in [-0.1, -0.05) is 44.2 Å². The summed E-state index contributed by atoms with van der Waals surface area (Å²) in [7, 11) is 0. The lowest BCUT2D eigenvalue weighted by Gasteiger charge is -2.18. The molecule has 0 aliphatic carbocycles. The van der Waals surface area contributed by atoms with E-state index in [4.69, 9.17) is 0 Å². The molecule has 0 heterocycles. The normalized spacial score (nSPS) is 10.9. The van der Waals surface area contributed by atoms with Crippen molar-refractivity contribution >= 4 is 5.91 Å². The largest absolute Gasteiger partial charge is 0.348 e. The Balaban J connectivity index is 1.96. The summed E-state index contributed by atoms with van der Waals surface area (Å²) in [5.74, 6) is -2.47. The van der Waals surface area contributed by atoms with Gasteiger partial charge in [-0.15, -0.1) is 0 Å². The lowest BCUT2D eigenvalue weighted by molar-refractivity contribution is 0.0942. The van der Waals surface area contributed by atoms with Gasteiger partial charge in [0.05, 0.1) is 0 Å². The van der Waals surface area contributed by atoms with E-state index < -0.39 is 23.1 Å². The van der Waals surface area contributed by atoms with Crippen LogP contribution >= 0.6 is 0 Å². The van der Waals surface area contributed by atoms with E-state index in [1.807, 2.05) is 24.3 Å². The average molecular weight is 332 g/mol. The molecule has 0 saturated carbocycles. The molecule has 0 unspecified atom stereocenters. The van der Waals surface area contributed by atoms with E-state index in [0.29, 0.717) is 0 Å². The number of nitrogens with one attached hydrogen (secondary N) is 1. The van der Waals surface area contributed by atoms with Crippen LogP contribution in [-0.4, -0.2) is 23.9 Å². The summed E-state index contributed by atoms with van der Waals surface area (Å²) in [4.78, 5) is 14.3. The van der Waals surface area contributed by atoms with Crippen molar-refractivity contribution in [3.8, 4) is 0 Å². The molecule has 2 rings (SSSR count). The number of hydrogen-bond donors (Lipinski definition) is 1. The Hall–Kier alpha value is -2.27. The van der Waals surface area contributed by atoms with E-state index in [1.165, 1.54) is 11.6 Å². The molecule has 0 aliphatic rings. The predicted molar refractivity (Wildman–Crippen MR) is 90.6 cm³/mol. The second kappa shape index (κ2) is 8.55. The van der Waals surface area contributed by atoms with Crippen LogP contribution in [0.1, 0.15) is 35.3 Å². The third-order valence-corrected chi connectivity index (χ3v) is 3.97. The summed E-state index contributed by atoms with van der Waals surface area (Å²) in [6, 6.07) is 11.2. The Morgan fingerprint density at radius 2 is 1.50 bits per heavy atom. The van der Waals surface area contributed by atoms with Gasteiger partial charge in [-0.05, 0) is 36.3 Å². The number of nitrogens with zero attached hydrogens (tertiary/aromatic N) is 1. The van der Waals surface area contributed by atoms with Gasteiger partial charge < -0.3 is 5.32 Å². The summed E-state index contributed by atoms with van der Waals surface area (Å²) in [5.41, 5.74) is 1.52. The minimum atomic E-state index is -0.859. The van der Waals surface area contributed by atoms with Gasteiger partial charge in [-0.25, -0.2) is 8.78 Å². The van der Waals surface area contributed by atoms with Crippen molar-refractivity contribution in [2.45, 2.75) is 26.9 Å². The van der Waals surface area contributed by atoms with E-state index in [9.17, 15) is 13.6 Å². The van der Waals surface area contributed by atoms with Crippen LogP contribution in [0.15, 0.2) is 42.5 Å². The predicted octanol–water partition coefficient (Wildman–Crippen LogP) is 3.74. The number of halogens is 2. The first kappa shape index (κ1) is 18.1. The minimum absolute atomic E-state index is 0.220. The van der Waals surface area contributed by atoms with Crippen LogP contribution in [0.3, 0.4) is 0 Å². The Bertz CT molecular complexity index is 662. The molecule has 5 heteroatoms. The highest BCUT2D eigenvalue weighted by molar-refractivity contribution is 5.94. The number of rotatable bonds is 7. The van der Waals surface area contributed by atoms with E-state index in [2.05, 4.69) is 24.1 Å². The zero-order valence-corrected chi connectivity index (χ0v) is 14.0. The molecule has 0 bridgehead atoms. The zero-order valence-electron chi connectivity index (χ0n) is 14.0. The molecule has 24 heavy (non-hydrogen) atoms. The molecule has 0 aliphatic heterocycles. The first-order chi connectivity index (χ1) is 11.5. The fourth-order valence-electron chi connectivity index (χ4n) is 2.45. The number of carbonyl (C=O) groups excluding carboxylic acids is 1. The monoisotopic (exact) mass is 332 g/mol.